The fraction of sp³-hybridized carbons (Fsp3) is 0.440. The number of nitrogens with zero attached hydrogens (tertiary/aromatic N) is 2. The van der Waals surface area contributed by atoms with Crippen LogP contribution in [0.5, 0.6) is 5.75 Å². The average molecular weight is 443 g/mol. The summed E-state index contributed by atoms with van der Waals surface area (Å²) in [5.74, 6) is -0.325. The molecule has 7 heteroatoms. The van der Waals surface area contributed by atoms with Crippen molar-refractivity contribution in [1.29, 1.82) is 0 Å². The third kappa shape index (κ3) is 5.09. The van der Waals surface area contributed by atoms with E-state index in [1.807, 2.05) is 4.90 Å². The lowest BCUT2D eigenvalue weighted by atomic mass is 9.96. The molecule has 0 aromatic heterocycles. The Kier molecular flexibility index (Phi) is 7.02. The Balaban J connectivity index is 1.42. The van der Waals surface area contributed by atoms with Gasteiger partial charge in [-0.2, -0.15) is 0 Å². The van der Waals surface area contributed by atoms with Crippen LogP contribution in [0.4, 0.5) is 8.78 Å². The lowest BCUT2D eigenvalue weighted by molar-refractivity contribution is -0.139. The number of rotatable bonds is 6. The van der Waals surface area contributed by atoms with E-state index in [9.17, 15) is 18.4 Å². The predicted molar refractivity (Wildman–Crippen MR) is 116 cm³/mol. The molecule has 4 rings (SSSR count). The first kappa shape index (κ1) is 22.2. The monoisotopic (exact) mass is 442 g/mol. The van der Waals surface area contributed by atoms with Gasteiger partial charge in [0, 0.05) is 31.1 Å². The second kappa shape index (κ2) is 10.1. The number of fused-ring (bicyclic) bond motifs is 1. The third-order valence-corrected chi connectivity index (χ3v) is 6.37. The number of carbonyl (C=O) groups excluding carboxylic acids is 2. The summed E-state index contributed by atoms with van der Waals surface area (Å²) in [5.41, 5.74) is 0.494. The number of hydrogen-bond acceptors (Lipinski definition) is 3. The topological polar surface area (TPSA) is 49.9 Å². The Morgan fingerprint density at radius 2 is 1.88 bits per heavy atom. The van der Waals surface area contributed by atoms with E-state index in [0.717, 1.165) is 19.3 Å². The van der Waals surface area contributed by atoms with Crippen LogP contribution >= 0.6 is 0 Å². The molecule has 170 valence electrons. The number of carbonyl (C=O) groups is 2. The first-order chi connectivity index (χ1) is 15.5. The maximum absolute atomic E-state index is 14.3. The van der Waals surface area contributed by atoms with Crippen LogP contribution in [-0.2, 0) is 16.1 Å². The number of ether oxygens (including phenoxy) is 1. The highest BCUT2D eigenvalue weighted by molar-refractivity contribution is 5.79. The minimum atomic E-state index is -0.384. The number of amides is 2. The van der Waals surface area contributed by atoms with E-state index in [0.29, 0.717) is 30.7 Å². The van der Waals surface area contributed by atoms with Crippen molar-refractivity contribution in [2.24, 2.45) is 0 Å². The molecule has 0 bridgehead atoms. The van der Waals surface area contributed by atoms with Crippen LogP contribution in [0, 0.1) is 11.6 Å². The van der Waals surface area contributed by atoms with Gasteiger partial charge in [0.05, 0.1) is 25.1 Å². The summed E-state index contributed by atoms with van der Waals surface area (Å²) >= 11 is 0. The van der Waals surface area contributed by atoms with Crippen LogP contribution in [0.3, 0.4) is 0 Å². The molecule has 2 heterocycles. The molecule has 2 aliphatic heterocycles. The largest absolute Gasteiger partial charge is 0.493 e. The molecule has 2 fully saturated rings. The minimum absolute atomic E-state index is 0.0201. The quantitative estimate of drug-likeness (QED) is 0.670. The van der Waals surface area contributed by atoms with Crippen LogP contribution in [0.1, 0.15) is 44.1 Å². The van der Waals surface area contributed by atoms with Gasteiger partial charge in [-0.1, -0.05) is 30.7 Å². The number of benzene rings is 2. The molecule has 2 aromatic rings. The summed E-state index contributed by atoms with van der Waals surface area (Å²) in [4.78, 5) is 29.5. The molecule has 0 radical (unpaired) electrons. The van der Waals surface area contributed by atoms with Gasteiger partial charge in [-0.15, -0.1) is 0 Å². The Morgan fingerprint density at radius 3 is 2.69 bits per heavy atom. The molecule has 0 spiro atoms. The van der Waals surface area contributed by atoms with Gasteiger partial charge in [0.2, 0.25) is 11.8 Å². The second-order valence-electron chi connectivity index (χ2n) is 8.43. The number of halogens is 2. The second-order valence-corrected chi connectivity index (χ2v) is 8.43. The van der Waals surface area contributed by atoms with Crippen molar-refractivity contribution < 1.29 is 23.1 Å². The molecule has 2 atom stereocenters. The van der Waals surface area contributed by atoms with E-state index < -0.39 is 0 Å². The van der Waals surface area contributed by atoms with Gasteiger partial charge in [-0.3, -0.25) is 9.59 Å². The summed E-state index contributed by atoms with van der Waals surface area (Å²) in [6.45, 7) is 0.945. The molecule has 5 nitrogen and oxygen atoms in total. The molecular formula is C25H28F2N2O3. The van der Waals surface area contributed by atoms with E-state index in [-0.39, 0.29) is 55.1 Å². The van der Waals surface area contributed by atoms with Gasteiger partial charge in [0.1, 0.15) is 17.4 Å². The van der Waals surface area contributed by atoms with E-state index >= 15 is 0 Å². The van der Waals surface area contributed by atoms with E-state index in [1.165, 1.54) is 18.2 Å². The van der Waals surface area contributed by atoms with Crippen molar-refractivity contribution in [3.05, 3.63) is 65.7 Å². The van der Waals surface area contributed by atoms with Crippen molar-refractivity contribution in [1.82, 2.24) is 9.80 Å². The van der Waals surface area contributed by atoms with Crippen molar-refractivity contribution in [3.8, 4) is 5.75 Å². The van der Waals surface area contributed by atoms with Crippen molar-refractivity contribution in [3.63, 3.8) is 0 Å². The van der Waals surface area contributed by atoms with Crippen LogP contribution in [0.2, 0.25) is 0 Å². The molecule has 2 aromatic carbocycles. The molecular weight excluding hydrogens is 414 g/mol. The van der Waals surface area contributed by atoms with E-state index in [1.54, 1.807) is 35.2 Å². The first-order valence-corrected chi connectivity index (χ1v) is 11.2. The van der Waals surface area contributed by atoms with E-state index in [2.05, 4.69) is 0 Å². The zero-order valence-corrected chi connectivity index (χ0v) is 18.0. The van der Waals surface area contributed by atoms with Crippen molar-refractivity contribution in [2.45, 2.75) is 57.2 Å². The summed E-state index contributed by atoms with van der Waals surface area (Å²) in [6.07, 6.45) is 3.78. The van der Waals surface area contributed by atoms with Crippen LogP contribution in [0.15, 0.2) is 48.5 Å². The maximum Gasteiger partial charge on any atom is 0.226 e. The highest BCUT2D eigenvalue weighted by Gasteiger charge is 2.42. The third-order valence-electron chi connectivity index (χ3n) is 6.37. The summed E-state index contributed by atoms with van der Waals surface area (Å²) in [6, 6.07) is 12.2. The Hall–Kier alpha value is -2.96. The van der Waals surface area contributed by atoms with Crippen LogP contribution < -0.4 is 4.74 Å². The summed E-state index contributed by atoms with van der Waals surface area (Å²) in [5, 5.41) is 0. The Morgan fingerprint density at radius 1 is 1.03 bits per heavy atom. The van der Waals surface area contributed by atoms with Gasteiger partial charge in [-0.25, -0.2) is 8.78 Å². The molecule has 0 aliphatic carbocycles. The molecule has 0 N–H and O–H groups in total. The van der Waals surface area contributed by atoms with Gasteiger partial charge in [0.15, 0.2) is 0 Å². The molecule has 32 heavy (non-hydrogen) atoms. The summed E-state index contributed by atoms with van der Waals surface area (Å²) < 4.78 is 33.1. The highest BCUT2D eigenvalue weighted by Crippen LogP contribution is 2.32. The predicted octanol–water partition coefficient (Wildman–Crippen LogP) is 4.31. The fourth-order valence-electron chi connectivity index (χ4n) is 4.79. The average Bonchev–Trinajstić information content (AvgIpc) is 3.18. The smallest absolute Gasteiger partial charge is 0.226 e. The maximum atomic E-state index is 14.3. The number of likely N-dealkylation sites (tertiary alicyclic amines) is 2. The fourth-order valence-corrected chi connectivity index (χ4v) is 4.79. The van der Waals surface area contributed by atoms with Gasteiger partial charge in [0.25, 0.3) is 0 Å². The van der Waals surface area contributed by atoms with Gasteiger partial charge in [-0.05, 0) is 37.5 Å². The Bertz CT molecular complexity index is 968. The molecule has 2 amide bonds. The van der Waals surface area contributed by atoms with Crippen LogP contribution in [0.25, 0.3) is 0 Å². The van der Waals surface area contributed by atoms with E-state index in [4.69, 9.17) is 4.74 Å². The normalized spacial score (nSPS) is 21.1. The highest BCUT2D eigenvalue weighted by atomic mass is 19.1. The first-order valence-electron chi connectivity index (χ1n) is 11.2. The van der Waals surface area contributed by atoms with Crippen molar-refractivity contribution >= 4 is 11.8 Å². The SMILES string of the molecule is O=C(CCOc1cccc(F)c1)N1CC[C@H]2[C@H]1CCCCC(=O)N2Cc1ccccc1F. The Labute approximate surface area is 187 Å². The number of hydrogen-bond donors (Lipinski definition) is 0. The standard InChI is InChI=1S/C25H28F2N2O3/c26-19-7-5-8-20(16-19)32-15-13-25(31)28-14-12-23-22(28)10-3-4-11-24(30)29(23)17-18-6-1-2-9-21(18)27/h1-2,5-9,16,22-23H,3-4,10-15,17H2/t22-,23+/m1/s1. The van der Waals surface area contributed by atoms with Crippen LogP contribution in [-0.4, -0.2) is 46.8 Å². The molecule has 2 aliphatic rings. The van der Waals surface area contributed by atoms with Crippen molar-refractivity contribution in [2.75, 3.05) is 13.2 Å². The molecule has 0 unspecified atom stereocenters. The minimum Gasteiger partial charge on any atom is -0.493 e. The van der Waals surface area contributed by atoms with Gasteiger partial charge < -0.3 is 14.5 Å². The molecule has 2 saturated heterocycles. The zero-order chi connectivity index (χ0) is 22.5. The zero-order valence-electron chi connectivity index (χ0n) is 18.0. The lowest BCUT2D eigenvalue weighted by Gasteiger charge is -2.37. The lowest BCUT2D eigenvalue weighted by Crippen LogP contribution is -2.50. The summed E-state index contributed by atoms with van der Waals surface area (Å²) in [7, 11) is 0. The molecule has 0 saturated carbocycles. The van der Waals surface area contributed by atoms with Gasteiger partial charge >= 0.3 is 0 Å².